The SMILES string of the molecule is PCC1C2CC3CC(C2)CC1(c1cc(-c2ccccc2)c(-c2ccccc2)cc1C(P)(c1ccccn1)c1ccccn1)C3. The lowest BCUT2D eigenvalue weighted by Crippen LogP contribution is -2.56. The van der Waals surface area contributed by atoms with Crippen LogP contribution in [0.2, 0.25) is 0 Å². The van der Waals surface area contributed by atoms with E-state index >= 15 is 0 Å². The molecule has 0 spiro atoms. The van der Waals surface area contributed by atoms with Crippen LogP contribution in [-0.4, -0.2) is 16.1 Å². The molecule has 0 radical (unpaired) electrons. The quantitative estimate of drug-likeness (QED) is 0.172. The van der Waals surface area contributed by atoms with Crippen LogP contribution in [0.3, 0.4) is 0 Å². The Hall–Kier alpha value is -3.18. The maximum absolute atomic E-state index is 5.05. The molecule has 3 aromatic carbocycles. The summed E-state index contributed by atoms with van der Waals surface area (Å²) in [7, 11) is 6.47. The van der Waals surface area contributed by atoms with E-state index < -0.39 is 5.16 Å². The molecule has 2 heterocycles. The van der Waals surface area contributed by atoms with Gasteiger partial charge in [-0.15, -0.1) is 18.5 Å². The van der Waals surface area contributed by atoms with E-state index in [2.05, 4.69) is 116 Å². The average Bonchev–Trinajstić information content (AvgIpc) is 3.08. The fourth-order valence-electron chi connectivity index (χ4n) is 9.63. The lowest BCUT2D eigenvalue weighted by Gasteiger charge is -2.62. The molecule has 2 nitrogen and oxygen atoms in total. The Morgan fingerprint density at radius 3 is 1.68 bits per heavy atom. The van der Waals surface area contributed by atoms with Gasteiger partial charge >= 0.3 is 0 Å². The van der Waals surface area contributed by atoms with Crippen LogP contribution >= 0.6 is 18.5 Å². The highest BCUT2D eigenvalue weighted by Gasteiger charge is 2.58. The molecule has 44 heavy (non-hydrogen) atoms. The lowest BCUT2D eigenvalue weighted by atomic mass is 9.43. The fraction of sp³-hybridized carbons (Fsp3) is 0.300. The third kappa shape index (κ3) is 4.52. The van der Waals surface area contributed by atoms with Gasteiger partial charge in [-0.2, -0.15) is 0 Å². The van der Waals surface area contributed by atoms with Crippen LogP contribution in [0.4, 0.5) is 0 Å². The molecule has 5 atom stereocenters. The summed E-state index contributed by atoms with van der Waals surface area (Å²) in [6.07, 6.45) is 11.8. The molecule has 5 aromatic rings. The number of pyridine rings is 2. The fourth-order valence-corrected chi connectivity index (χ4v) is 11.1. The van der Waals surface area contributed by atoms with Crippen molar-refractivity contribution in [1.29, 1.82) is 0 Å². The number of nitrogens with zero attached hydrogens (tertiary/aromatic N) is 2. The van der Waals surface area contributed by atoms with Gasteiger partial charge in [-0.05, 0) is 137 Å². The van der Waals surface area contributed by atoms with Crippen molar-refractivity contribution >= 4 is 18.5 Å². The number of rotatable bonds is 7. The van der Waals surface area contributed by atoms with Crippen LogP contribution in [0.1, 0.15) is 54.6 Å². The van der Waals surface area contributed by atoms with E-state index in [0.717, 1.165) is 35.3 Å². The molecule has 4 aliphatic carbocycles. The maximum Gasteiger partial charge on any atom is 0.0936 e. The van der Waals surface area contributed by atoms with Crippen LogP contribution in [0, 0.1) is 23.7 Å². The molecule has 0 N–H and O–H groups in total. The van der Waals surface area contributed by atoms with Gasteiger partial charge in [-0.25, -0.2) is 0 Å². The van der Waals surface area contributed by atoms with Gasteiger partial charge in [-0.1, -0.05) is 72.8 Å². The molecule has 220 valence electrons. The van der Waals surface area contributed by atoms with E-state index in [4.69, 9.17) is 9.97 Å². The Morgan fingerprint density at radius 1 is 0.659 bits per heavy atom. The summed E-state index contributed by atoms with van der Waals surface area (Å²) >= 11 is 0. The van der Waals surface area contributed by atoms with Crippen LogP contribution in [0.15, 0.2) is 122 Å². The Labute approximate surface area is 266 Å². The topological polar surface area (TPSA) is 25.8 Å². The summed E-state index contributed by atoms with van der Waals surface area (Å²) in [5.74, 6) is 3.12. The number of hydrogen-bond acceptors (Lipinski definition) is 2. The zero-order chi connectivity index (χ0) is 29.7. The van der Waals surface area contributed by atoms with Gasteiger partial charge in [0.15, 0.2) is 0 Å². The minimum absolute atomic E-state index is 0.135. The molecule has 0 saturated heterocycles. The first kappa shape index (κ1) is 28.3. The summed E-state index contributed by atoms with van der Waals surface area (Å²) in [4.78, 5) is 10.1. The normalized spacial score (nSPS) is 25.7. The number of benzene rings is 3. The third-order valence-electron chi connectivity index (χ3n) is 11.2. The molecule has 4 aliphatic rings. The third-order valence-corrected chi connectivity index (χ3v) is 12.6. The van der Waals surface area contributed by atoms with Gasteiger partial charge < -0.3 is 0 Å². The number of aromatic nitrogens is 2. The molecule has 4 fully saturated rings. The van der Waals surface area contributed by atoms with Gasteiger partial charge in [0, 0.05) is 12.4 Å². The summed E-state index contributed by atoms with van der Waals surface area (Å²) < 4.78 is 0. The van der Waals surface area contributed by atoms with Crippen molar-refractivity contribution in [3.63, 3.8) is 0 Å². The largest absolute Gasteiger partial charge is 0.260 e. The van der Waals surface area contributed by atoms with Gasteiger partial charge in [0.25, 0.3) is 0 Å². The van der Waals surface area contributed by atoms with E-state index in [-0.39, 0.29) is 5.41 Å². The molecule has 4 saturated carbocycles. The zero-order valence-electron chi connectivity index (χ0n) is 25.1. The molecular weight excluding hydrogens is 570 g/mol. The highest BCUT2D eigenvalue weighted by molar-refractivity contribution is 7.19. The molecule has 9 rings (SSSR count). The zero-order valence-corrected chi connectivity index (χ0v) is 27.5. The average molecular weight is 611 g/mol. The highest BCUT2D eigenvalue weighted by Crippen LogP contribution is 2.66. The maximum atomic E-state index is 5.05. The first-order valence-corrected chi connectivity index (χ1v) is 17.6. The minimum Gasteiger partial charge on any atom is -0.260 e. The van der Waals surface area contributed by atoms with Crippen molar-refractivity contribution in [1.82, 2.24) is 9.97 Å². The van der Waals surface area contributed by atoms with Crippen molar-refractivity contribution in [2.75, 3.05) is 6.16 Å². The molecular formula is C40H40N2P2. The van der Waals surface area contributed by atoms with E-state index in [0.29, 0.717) is 5.92 Å². The Kier molecular flexibility index (Phi) is 7.28. The summed E-state index contributed by atoms with van der Waals surface area (Å²) in [6, 6.07) is 39.8. The summed E-state index contributed by atoms with van der Waals surface area (Å²) in [6.45, 7) is 0. The van der Waals surface area contributed by atoms with Crippen LogP contribution in [0.25, 0.3) is 22.3 Å². The lowest BCUT2D eigenvalue weighted by molar-refractivity contribution is -0.0521. The summed E-state index contributed by atoms with van der Waals surface area (Å²) in [5, 5.41) is -0.606. The van der Waals surface area contributed by atoms with Crippen molar-refractivity contribution < 1.29 is 0 Å². The molecule has 4 heteroatoms. The molecule has 0 aliphatic heterocycles. The van der Waals surface area contributed by atoms with E-state index in [1.165, 1.54) is 65.5 Å². The number of hydrogen-bond donors (Lipinski definition) is 0. The standard InChI is InChI=1S/C40H40N2P2/c43-26-36-31-20-27-19-28(21-31)25-39(36,24-27)34-22-32(29-11-3-1-4-12-29)33(30-13-5-2-6-14-30)23-35(34)40(44,37-15-7-9-17-41-37)38-16-8-10-18-42-38/h1-18,22-23,27-28,31,36H,19-21,24-26,43-44H2. The highest BCUT2D eigenvalue weighted by atomic mass is 31.0. The van der Waals surface area contributed by atoms with Crippen molar-refractivity contribution in [2.24, 2.45) is 23.7 Å². The molecule has 2 aromatic heterocycles. The Balaban J connectivity index is 1.50. The van der Waals surface area contributed by atoms with Crippen molar-refractivity contribution in [3.05, 3.63) is 144 Å². The molecule has 4 bridgehead atoms. The van der Waals surface area contributed by atoms with Gasteiger partial charge in [0.05, 0.1) is 16.5 Å². The van der Waals surface area contributed by atoms with Crippen LogP contribution < -0.4 is 0 Å². The van der Waals surface area contributed by atoms with E-state index in [1.807, 2.05) is 24.5 Å². The van der Waals surface area contributed by atoms with Crippen LogP contribution in [0.5, 0.6) is 0 Å². The second kappa shape index (κ2) is 11.3. The van der Waals surface area contributed by atoms with E-state index in [1.54, 1.807) is 0 Å². The van der Waals surface area contributed by atoms with Crippen LogP contribution in [-0.2, 0) is 10.6 Å². The Bertz CT molecular complexity index is 1700. The van der Waals surface area contributed by atoms with Crippen molar-refractivity contribution in [2.45, 2.75) is 42.7 Å². The van der Waals surface area contributed by atoms with Gasteiger partial charge in [0.1, 0.15) is 0 Å². The molecule has 5 unspecified atom stereocenters. The summed E-state index contributed by atoms with van der Waals surface area (Å²) in [5.41, 5.74) is 10.1. The predicted molar refractivity (Wildman–Crippen MR) is 189 cm³/mol. The smallest absolute Gasteiger partial charge is 0.0936 e. The first-order chi connectivity index (χ1) is 21.6. The van der Waals surface area contributed by atoms with Gasteiger partial charge in [0.2, 0.25) is 0 Å². The van der Waals surface area contributed by atoms with Gasteiger partial charge in [-0.3, -0.25) is 9.97 Å². The Morgan fingerprint density at radius 2 is 1.18 bits per heavy atom. The second-order valence-electron chi connectivity index (χ2n) is 13.5. The minimum atomic E-state index is -0.606. The molecule has 0 amide bonds. The first-order valence-electron chi connectivity index (χ1n) is 16.2. The second-order valence-corrected chi connectivity index (χ2v) is 14.9. The predicted octanol–water partition coefficient (Wildman–Crippen LogP) is 9.55. The van der Waals surface area contributed by atoms with Crippen molar-refractivity contribution in [3.8, 4) is 22.3 Å². The van der Waals surface area contributed by atoms with E-state index in [9.17, 15) is 0 Å². The monoisotopic (exact) mass is 610 g/mol.